The van der Waals surface area contributed by atoms with E-state index in [4.69, 9.17) is 0 Å². The molecule has 6 amide bonds. The molecule has 0 fully saturated rings. The molecule has 6 aromatic carbocycles. The lowest BCUT2D eigenvalue weighted by atomic mass is 9.99. The van der Waals surface area contributed by atoms with E-state index in [9.17, 15) is 102 Å². The van der Waals surface area contributed by atoms with Crippen LogP contribution in [0.5, 0.6) is 0 Å². The average Bonchev–Trinajstić information content (AvgIpc) is 0.860. The maximum absolute atomic E-state index is 13.7. The van der Waals surface area contributed by atoms with E-state index >= 15 is 0 Å². The van der Waals surface area contributed by atoms with Crippen LogP contribution in [-0.2, 0) is 60.7 Å². The summed E-state index contributed by atoms with van der Waals surface area (Å²) in [6, 6.07) is 20.6. The molecule has 6 aromatic rings. The number of amides is 6. The van der Waals surface area contributed by atoms with Gasteiger partial charge in [0.25, 0.3) is 46.9 Å². The smallest absolute Gasteiger partial charge is 0.322 e. The van der Waals surface area contributed by atoms with Crippen molar-refractivity contribution in [1.82, 2.24) is 0 Å². The summed E-state index contributed by atoms with van der Waals surface area (Å²) in [5, 5.41) is 14.9. The standard InChI is InChI=1S/C51H32N6O23S6/c1-25-9-11-29(49(60)54-37-13-15-41(83(69,70)71)35-21-33(81(63,64)65)23-43(45(35)37)85(75,76)77)19-39(25)56-47(58)27-5-3-7-31(17-27)52-51(62)53-32-8-4-6-28(18-32)48(59)57-40-20-30(12-10-26(40)2)50(61)55-38-14-16-42(84(72,73)74)36-22-34(82(66,67)68)24-44(46(36)38)86(78,79)80/h3-20H,1-2H3,(H8-4,52,53,54,55,56,57,58,59,60,61,62,63,64,65,66,67,68,69,70,71,72,73,74,75,76,77,78,79,80)/p+4. The van der Waals surface area contributed by atoms with Crippen molar-refractivity contribution >= 4 is 134 Å². The lowest BCUT2D eigenvalue weighted by molar-refractivity contribution is 0.101. The number of hydrogen-bond acceptors (Lipinski definition) is 17. The Kier molecular flexibility index (Phi) is 16.6. The molecule has 0 aliphatic heterocycles. The number of fused-ring (bicyclic) bond motifs is 2. The van der Waals surface area contributed by atoms with Crippen molar-refractivity contribution in [3.8, 4) is 0 Å². The lowest BCUT2D eigenvalue weighted by Crippen LogP contribution is -2.21. The van der Waals surface area contributed by atoms with Crippen LogP contribution in [0.2, 0.25) is 0 Å². The first-order valence-corrected chi connectivity index (χ1v) is 31.9. The van der Waals surface area contributed by atoms with Gasteiger partial charge in [-0.1, -0.05) is 24.3 Å². The van der Waals surface area contributed by atoms with Gasteiger partial charge in [-0.05, 0) is 110 Å². The number of allylic oxidation sites excluding steroid dienone is 2. The number of carbonyl (C=O) groups is 5. The Morgan fingerprint density at radius 2 is 0.674 bits per heavy atom. The Labute approximate surface area is 487 Å². The van der Waals surface area contributed by atoms with Gasteiger partial charge in [-0.25, -0.2) is 4.79 Å². The average molecular weight is 1290 g/mol. The molecule has 2 aliphatic carbocycles. The molecule has 0 bridgehead atoms. The highest BCUT2D eigenvalue weighted by molar-refractivity contribution is 7.96. The molecule has 0 atom stereocenters. The maximum Gasteiger partial charge on any atom is 0.445 e. The topological polar surface area (TPSA) is 484 Å². The predicted octanol–water partition coefficient (Wildman–Crippen LogP) is 5.39. The second-order valence-corrected chi connectivity index (χ2v) is 26.2. The van der Waals surface area contributed by atoms with E-state index in [2.05, 4.69) is 31.9 Å². The zero-order valence-corrected chi connectivity index (χ0v) is 47.9. The van der Waals surface area contributed by atoms with E-state index in [1.54, 1.807) is 26.0 Å². The Balaban J connectivity index is 0.938. The number of rotatable bonds is 16. The fraction of sp³-hybridized carbons (Fsp3) is 0.0392. The van der Waals surface area contributed by atoms with Gasteiger partial charge in [-0.3, -0.25) is 57.1 Å². The fourth-order valence-electron chi connectivity index (χ4n) is 8.13. The van der Waals surface area contributed by atoms with Crippen molar-refractivity contribution in [2.24, 2.45) is 0 Å². The summed E-state index contributed by atoms with van der Waals surface area (Å²) in [7, 11) is -32.4. The van der Waals surface area contributed by atoms with E-state index in [1.807, 2.05) is 12.2 Å². The highest BCUT2D eigenvalue weighted by atomic mass is 32.2. The van der Waals surface area contributed by atoms with E-state index in [0.717, 1.165) is 12.1 Å². The molecule has 29 nitrogen and oxygen atoms in total. The zero-order chi connectivity index (χ0) is 63.4. The van der Waals surface area contributed by atoms with Crippen molar-refractivity contribution in [1.29, 1.82) is 0 Å². The van der Waals surface area contributed by atoms with Gasteiger partial charge in [0, 0.05) is 45.0 Å². The molecule has 12 N–H and O–H groups in total. The normalized spacial score (nSPS) is 13.1. The second-order valence-electron chi connectivity index (χ2n) is 18.0. The van der Waals surface area contributed by atoms with Crippen LogP contribution in [0.1, 0.15) is 74.8 Å². The Hall–Kier alpha value is -9.47. The maximum atomic E-state index is 13.7. The summed E-state index contributed by atoms with van der Waals surface area (Å²) in [5.74, 6) is -3.64. The van der Waals surface area contributed by atoms with Gasteiger partial charge in [0.1, 0.15) is 0 Å². The third-order valence-corrected chi connectivity index (χ3v) is 16.9. The van der Waals surface area contributed by atoms with E-state index in [1.165, 1.54) is 84.9 Å². The molecule has 8 rings (SSSR count). The van der Waals surface area contributed by atoms with Crippen molar-refractivity contribution < 1.29 is 102 Å². The summed E-state index contributed by atoms with van der Waals surface area (Å²) >= 11 is 0. The number of carbonyl (C=O) groups excluding carboxylic acids is 5. The van der Waals surface area contributed by atoms with Crippen molar-refractivity contribution in [3.63, 3.8) is 0 Å². The first-order valence-electron chi connectivity index (χ1n) is 23.3. The Bertz CT molecular complexity index is 4580. The molecule has 0 spiro atoms. The number of benzene rings is 6. The van der Waals surface area contributed by atoms with Crippen LogP contribution >= 0.6 is 0 Å². The van der Waals surface area contributed by atoms with Crippen LogP contribution in [0.3, 0.4) is 0 Å². The molecule has 440 valence electrons. The summed E-state index contributed by atoms with van der Waals surface area (Å²) in [5.41, 5.74) is -4.43. The molecule has 0 aromatic heterocycles. The van der Waals surface area contributed by atoms with Crippen LogP contribution in [0.4, 0.5) is 38.9 Å². The van der Waals surface area contributed by atoms with E-state index in [-0.39, 0.29) is 45.0 Å². The van der Waals surface area contributed by atoms with Gasteiger partial charge in [0.2, 0.25) is 23.3 Å². The molecule has 0 unspecified atom stereocenters. The minimum atomic E-state index is -5.52. The quantitative estimate of drug-likeness (QED) is 0.0427. The summed E-state index contributed by atoms with van der Waals surface area (Å²) in [4.78, 5) is 59.8. The minimum absolute atomic E-state index is 0.0317. The van der Waals surface area contributed by atoms with Gasteiger partial charge < -0.3 is 21.3 Å². The summed E-state index contributed by atoms with van der Waals surface area (Å²) in [6.45, 7) is 3.10. The molecule has 2 aliphatic rings. The monoisotopic (exact) mass is 1290 g/mol. The van der Waals surface area contributed by atoms with Crippen molar-refractivity contribution in [2.75, 3.05) is 31.9 Å². The number of hydrogen-bond donors (Lipinski definition) is 12. The largest absolute Gasteiger partial charge is 0.445 e. The van der Waals surface area contributed by atoms with Crippen LogP contribution in [0.15, 0.2) is 129 Å². The molecule has 0 heterocycles. The highest BCUT2D eigenvalue weighted by Crippen LogP contribution is 2.42. The van der Waals surface area contributed by atoms with Gasteiger partial charge in [-0.15, -0.1) is 0 Å². The highest BCUT2D eigenvalue weighted by Gasteiger charge is 2.54. The van der Waals surface area contributed by atoms with Crippen molar-refractivity contribution in [3.05, 3.63) is 199 Å². The molecule has 0 saturated carbocycles. The van der Waals surface area contributed by atoms with E-state index in [0.29, 0.717) is 23.3 Å². The van der Waals surface area contributed by atoms with Crippen LogP contribution in [0, 0.1) is 38.2 Å². The van der Waals surface area contributed by atoms with Gasteiger partial charge >= 0.3 is 86.4 Å². The van der Waals surface area contributed by atoms with Gasteiger partial charge in [0.05, 0.1) is 0 Å². The number of nitrogens with one attached hydrogen (secondary N) is 6. The van der Waals surface area contributed by atoms with Crippen LogP contribution < -0.4 is 31.9 Å². The van der Waals surface area contributed by atoms with Gasteiger partial charge in [0.15, 0.2) is 21.2 Å². The summed E-state index contributed by atoms with van der Waals surface area (Å²) < 4.78 is 205. The van der Waals surface area contributed by atoms with Crippen molar-refractivity contribution in [2.45, 2.75) is 23.6 Å². The minimum Gasteiger partial charge on any atom is -0.322 e. The summed E-state index contributed by atoms with van der Waals surface area (Å²) in [6.07, 6.45) is 7.29. The second kappa shape index (κ2) is 22.8. The first-order chi connectivity index (χ1) is 39.8. The number of anilines is 6. The van der Waals surface area contributed by atoms with Gasteiger partial charge in [-0.2, -0.15) is 50.5 Å². The fourth-order valence-corrected chi connectivity index (χ4v) is 11.9. The van der Waals surface area contributed by atoms with Crippen LogP contribution in [-0.4, -0.2) is 107 Å². The Morgan fingerprint density at radius 3 is 0.988 bits per heavy atom. The van der Waals surface area contributed by atoms with E-state index < -0.39 is 153 Å². The molecule has 0 saturated heterocycles. The lowest BCUT2D eigenvalue weighted by Gasteiger charge is -2.13. The first kappa shape index (κ1) is 62.6. The third-order valence-electron chi connectivity index (χ3n) is 12.1. The predicted molar refractivity (Wildman–Crippen MR) is 303 cm³/mol. The number of urea groups is 1. The molecular weight excluding hydrogens is 1260 g/mol. The molecule has 86 heavy (non-hydrogen) atoms. The molecular formula is C51H36N6O23S6+4. The molecule has 35 heteroatoms. The SMILES string of the molecule is Cc1ccc(C(=O)Nc2ccc(S(=O)(=O)O)c3c2C(S(=O)(=O)O)=[C+]C(S(=O)(=O)O)=[C+]3)cc1NC(=O)c1cccc(NC(=O)Nc2cccc(C(=O)Nc3cc(C(=O)Nc4ccc(S(=O)(=O)O)c5c4C(S(=O)(=O)O)=[C+]C(S(=O)(=O)O)=[C+]5)ccc3C)c2)c1. The van der Waals surface area contributed by atoms with Crippen LogP contribution in [0.25, 0.3) is 9.81 Å². The zero-order valence-electron chi connectivity index (χ0n) is 43.0. The number of aryl methyl sites for hydroxylation is 2. The Morgan fingerprint density at radius 1 is 0.349 bits per heavy atom. The molecule has 0 radical (unpaired) electrons. The third kappa shape index (κ3) is 13.9.